The van der Waals surface area contributed by atoms with Gasteiger partial charge in [0.05, 0.1) is 30.2 Å². The summed E-state index contributed by atoms with van der Waals surface area (Å²) in [5, 5.41) is 10.8. The largest absolute Gasteiger partial charge is 0.385 e. The fraction of sp³-hybridized carbons (Fsp3) is 0.478. The van der Waals surface area contributed by atoms with E-state index in [4.69, 9.17) is 0 Å². The van der Waals surface area contributed by atoms with Crippen molar-refractivity contribution in [1.82, 2.24) is 0 Å². The highest BCUT2D eigenvalue weighted by Gasteiger charge is 2.28. The average molecular weight is 420 g/mol. The van der Waals surface area contributed by atoms with Gasteiger partial charge in [-0.3, -0.25) is 4.31 Å². The molecule has 0 heterocycles. The first-order chi connectivity index (χ1) is 14.0. The number of aliphatic hydroxyl groups excluding tert-OH is 1. The molecule has 0 bridgehead atoms. The number of nitrogens with zero attached hydrogens (tertiary/aromatic N) is 1. The molecule has 6 heteroatoms. The average Bonchev–Trinajstić information content (AvgIpc) is 2.75. The van der Waals surface area contributed by atoms with Crippen molar-refractivity contribution in [2.24, 2.45) is 0 Å². The molecule has 5 nitrogen and oxygen atoms in total. The van der Waals surface area contributed by atoms with Gasteiger partial charge in [0.1, 0.15) is 12.6 Å². The van der Waals surface area contributed by atoms with Crippen molar-refractivity contribution in [3.8, 4) is 0 Å². The molecule has 2 rings (SSSR count). The van der Waals surface area contributed by atoms with Crippen molar-refractivity contribution in [3.05, 3.63) is 60.7 Å². The summed E-state index contributed by atoms with van der Waals surface area (Å²) in [5.41, 5.74) is 0.569. The monoisotopic (exact) mass is 419 g/mol. The van der Waals surface area contributed by atoms with Crippen LogP contribution in [0.4, 0.5) is 5.69 Å². The molecule has 1 atom stereocenters. The summed E-state index contributed by atoms with van der Waals surface area (Å²) >= 11 is 0. The number of nitrogens with one attached hydrogen (secondary N) is 1. The van der Waals surface area contributed by atoms with Crippen LogP contribution in [0.25, 0.3) is 0 Å². The van der Waals surface area contributed by atoms with Gasteiger partial charge in [-0.15, -0.1) is 0 Å². The summed E-state index contributed by atoms with van der Waals surface area (Å²) in [6.45, 7) is 6.93. The van der Waals surface area contributed by atoms with E-state index in [1.54, 1.807) is 42.5 Å². The number of hydrogen-bond donors (Lipinski definition) is 2. The van der Waals surface area contributed by atoms with E-state index in [1.165, 1.54) is 9.21 Å². The summed E-state index contributed by atoms with van der Waals surface area (Å²) in [4.78, 5) is 1.57. The first-order valence-corrected chi connectivity index (χ1v) is 12.1. The van der Waals surface area contributed by atoms with Crippen molar-refractivity contribution in [3.63, 3.8) is 0 Å². The Labute approximate surface area is 176 Å². The minimum absolute atomic E-state index is 0.0446. The molecule has 160 valence electrons. The second-order valence-corrected chi connectivity index (χ2v) is 9.36. The van der Waals surface area contributed by atoms with Crippen LogP contribution < -0.4 is 9.21 Å². The van der Waals surface area contributed by atoms with Gasteiger partial charge < -0.3 is 10.0 Å². The zero-order valence-corrected chi connectivity index (χ0v) is 18.4. The third-order valence-electron chi connectivity index (χ3n) is 5.04. The highest BCUT2D eigenvalue weighted by molar-refractivity contribution is 7.92. The number of para-hydroxylation sites is 1. The van der Waals surface area contributed by atoms with Gasteiger partial charge >= 0.3 is 0 Å². The molecular weight excluding hydrogens is 384 g/mol. The third-order valence-corrected chi connectivity index (χ3v) is 6.85. The highest BCUT2D eigenvalue weighted by atomic mass is 32.2. The summed E-state index contributed by atoms with van der Waals surface area (Å²) in [7, 11) is -3.75. The summed E-state index contributed by atoms with van der Waals surface area (Å²) in [6.07, 6.45) is 3.71. The number of aliphatic hydroxyl groups is 1. The zero-order valence-electron chi connectivity index (χ0n) is 17.6. The number of quaternary nitrogens is 1. The fourth-order valence-corrected chi connectivity index (χ4v) is 4.95. The van der Waals surface area contributed by atoms with Crippen LogP contribution in [0.15, 0.2) is 65.6 Å². The van der Waals surface area contributed by atoms with Crippen molar-refractivity contribution in [2.45, 2.75) is 50.5 Å². The Kier molecular flexibility index (Phi) is 9.64. The van der Waals surface area contributed by atoms with E-state index >= 15 is 0 Å². The lowest BCUT2D eigenvalue weighted by Gasteiger charge is -2.28. The molecule has 0 aliphatic rings. The molecule has 0 fully saturated rings. The maximum absolute atomic E-state index is 13.3. The third kappa shape index (κ3) is 7.14. The van der Waals surface area contributed by atoms with Crippen LogP contribution in [0, 0.1) is 0 Å². The Morgan fingerprint density at radius 3 is 1.93 bits per heavy atom. The first kappa shape index (κ1) is 23.4. The van der Waals surface area contributed by atoms with Crippen LogP contribution in [0.1, 0.15) is 39.5 Å². The molecule has 0 aromatic heterocycles. The Morgan fingerprint density at radius 2 is 1.41 bits per heavy atom. The van der Waals surface area contributed by atoms with Gasteiger partial charge in [-0.25, -0.2) is 8.42 Å². The quantitative estimate of drug-likeness (QED) is 0.525. The van der Waals surface area contributed by atoms with Crippen LogP contribution in [0.5, 0.6) is 0 Å². The maximum atomic E-state index is 13.3. The molecule has 1 unspecified atom stereocenters. The SMILES string of the molecule is CCCC[NH+](CCCC)CC(O)CN(c1ccccc1)S(=O)(=O)c1ccccc1. The molecule has 0 spiro atoms. The highest BCUT2D eigenvalue weighted by Crippen LogP contribution is 2.23. The molecule has 0 amide bonds. The molecule has 2 N–H and O–H groups in total. The maximum Gasteiger partial charge on any atom is 0.264 e. The minimum Gasteiger partial charge on any atom is -0.385 e. The molecular formula is C23H35N2O3S+. The van der Waals surface area contributed by atoms with Gasteiger partial charge in [-0.05, 0) is 37.1 Å². The van der Waals surface area contributed by atoms with Crippen molar-refractivity contribution < 1.29 is 18.4 Å². The Morgan fingerprint density at radius 1 is 0.897 bits per heavy atom. The summed E-state index contributed by atoms with van der Waals surface area (Å²) in [6, 6.07) is 17.4. The van der Waals surface area contributed by atoms with Crippen LogP contribution in [-0.4, -0.2) is 45.8 Å². The van der Waals surface area contributed by atoms with Crippen LogP contribution in [-0.2, 0) is 10.0 Å². The van der Waals surface area contributed by atoms with Crippen LogP contribution in [0.2, 0.25) is 0 Å². The van der Waals surface area contributed by atoms with Crippen LogP contribution in [0.3, 0.4) is 0 Å². The Bertz CT molecular complexity index is 789. The molecule has 0 radical (unpaired) electrons. The second kappa shape index (κ2) is 12.0. The predicted octanol–water partition coefficient (Wildman–Crippen LogP) is 2.73. The second-order valence-electron chi connectivity index (χ2n) is 7.50. The molecule has 2 aromatic rings. The zero-order chi connectivity index (χ0) is 21.1. The van der Waals surface area contributed by atoms with Gasteiger partial charge in [-0.2, -0.15) is 0 Å². The van der Waals surface area contributed by atoms with E-state index in [0.29, 0.717) is 12.2 Å². The lowest BCUT2D eigenvalue weighted by Crippen LogP contribution is -3.13. The number of unbranched alkanes of at least 4 members (excludes halogenated alkanes) is 2. The van der Waals surface area contributed by atoms with E-state index < -0.39 is 16.1 Å². The molecule has 0 saturated carbocycles. The fourth-order valence-electron chi connectivity index (χ4n) is 3.43. The molecule has 0 aliphatic heterocycles. The van der Waals surface area contributed by atoms with E-state index in [9.17, 15) is 13.5 Å². The Balaban J connectivity index is 2.21. The van der Waals surface area contributed by atoms with Gasteiger partial charge in [0.15, 0.2) is 0 Å². The van der Waals surface area contributed by atoms with E-state index in [1.807, 2.05) is 18.2 Å². The van der Waals surface area contributed by atoms with Crippen molar-refractivity contribution >= 4 is 15.7 Å². The summed E-state index contributed by atoms with van der Waals surface area (Å²) in [5.74, 6) is 0. The van der Waals surface area contributed by atoms with Crippen molar-refractivity contribution in [1.29, 1.82) is 0 Å². The number of sulfonamides is 1. The topological polar surface area (TPSA) is 62.1 Å². The number of rotatable bonds is 13. The van der Waals surface area contributed by atoms with Gasteiger partial charge in [0.2, 0.25) is 0 Å². The number of benzene rings is 2. The molecule has 29 heavy (non-hydrogen) atoms. The number of hydrogen-bond acceptors (Lipinski definition) is 3. The molecule has 0 aliphatic carbocycles. The summed E-state index contributed by atoms with van der Waals surface area (Å²) < 4.78 is 27.9. The smallest absolute Gasteiger partial charge is 0.264 e. The first-order valence-electron chi connectivity index (χ1n) is 10.6. The van der Waals surface area contributed by atoms with Gasteiger partial charge in [-0.1, -0.05) is 63.1 Å². The minimum atomic E-state index is -3.75. The van der Waals surface area contributed by atoms with Gasteiger partial charge in [0, 0.05) is 0 Å². The van der Waals surface area contributed by atoms with Crippen LogP contribution >= 0.6 is 0 Å². The lowest BCUT2D eigenvalue weighted by molar-refractivity contribution is -0.903. The normalized spacial score (nSPS) is 12.8. The number of anilines is 1. The molecule has 0 saturated heterocycles. The Hall–Kier alpha value is -1.89. The lowest BCUT2D eigenvalue weighted by atomic mass is 10.2. The van der Waals surface area contributed by atoms with Crippen molar-refractivity contribution in [2.75, 3.05) is 30.5 Å². The van der Waals surface area contributed by atoms with E-state index in [0.717, 1.165) is 38.8 Å². The predicted molar refractivity (Wildman–Crippen MR) is 119 cm³/mol. The van der Waals surface area contributed by atoms with E-state index in [2.05, 4.69) is 13.8 Å². The standard InChI is InChI=1S/C23H34N2O3S/c1-3-5-17-24(18-6-4-2)19-22(26)20-25(21-13-9-7-10-14-21)29(27,28)23-15-11-8-12-16-23/h7-16,22,26H,3-6,17-20H2,1-2H3/p+1. The molecule has 2 aromatic carbocycles. The van der Waals surface area contributed by atoms with E-state index in [-0.39, 0.29) is 11.4 Å². The van der Waals surface area contributed by atoms with Gasteiger partial charge in [0.25, 0.3) is 10.0 Å².